The standard InChI is InChI=1S/C18H25N5O5/c1-20-16(13-17(25)21(2)18(20)26)22(11-12-24)10-9-19-8-7-14-3-5-15(6-4-14)23(27)28/h3-6,13,19,24H,7-12H2,1-2H3. The molecular weight excluding hydrogens is 366 g/mol. The zero-order chi connectivity index (χ0) is 20.7. The maximum atomic E-state index is 12.1. The summed E-state index contributed by atoms with van der Waals surface area (Å²) in [6.45, 7) is 1.94. The maximum Gasteiger partial charge on any atom is 0.332 e. The first-order valence-electron chi connectivity index (χ1n) is 8.92. The van der Waals surface area contributed by atoms with Gasteiger partial charge in [-0.05, 0) is 18.5 Å². The van der Waals surface area contributed by atoms with E-state index in [0.717, 1.165) is 10.1 Å². The molecule has 0 aliphatic carbocycles. The highest BCUT2D eigenvalue weighted by atomic mass is 16.6. The second-order valence-electron chi connectivity index (χ2n) is 6.38. The van der Waals surface area contributed by atoms with Gasteiger partial charge in [0.05, 0.1) is 11.5 Å². The third-order valence-corrected chi connectivity index (χ3v) is 4.49. The van der Waals surface area contributed by atoms with Crippen LogP contribution in [-0.2, 0) is 20.5 Å². The predicted octanol–water partition coefficient (Wildman–Crippen LogP) is -0.377. The van der Waals surface area contributed by atoms with Gasteiger partial charge in [0.25, 0.3) is 11.2 Å². The second-order valence-corrected chi connectivity index (χ2v) is 6.38. The van der Waals surface area contributed by atoms with Crippen LogP contribution in [-0.4, -0.2) is 51.9 Å². The van der Waals surface area contributed by atoms with Crippen LogP contribution in [0.4, 0.5) is 11.5 Å². The first kappa shape index (κ1) is 21.3. The molecule has 0 saturated heterocycles. The lowest BCUT2D eigenvalue weighted by Gasteiger charge is -2.26. The lowest BCUT2D eigenvalue weighted by atomic mass is 10.1. The van der Waals surface area contributed by atoms with Gasteiger partial charge in [-0.1, -0.05) is 12.1 Å². The molecule has 10 heteroatoms. The summed E-state index contributed by atoms with van der Waals surface area (Å²) in [7, 11) is 3.01. The summed E-state index contributed by atoms with van der Waals surface area (Å²) in [5, 5.41) is 23.2. The van der Waals surface area contributed by atoms with Gasteiger partial charge in [0, 0.05) is 51.9 Å². The molecule has 10 nitrogen and oxygen atoms in total. The van der Waals surface area contributed by atoms with E-state index in [1.54, 1.807) is 24.1 Å². The van der Waals surface area contributed by atoms with E-state index in [0.29, 0.717) is 38.4 Å². The minimum atomic E-state index is -0.429. The number of nitrogens with zero attached hydrogens (tertiary/aromatic N) is 4. The van der Waals surface area contributed by atoms with Gasteiger partial charge in [-0.15, -0.1) is 0 Å². The third kappa shape index (κ3) is 5.27. The molecule has 0 aliphatic heterocycles. The average Bonchev–Trinajstić information content (AvgIpc) is 2.68. The van der Waals surface area contributed by atoms with Gasteiger partial charge in [0.2, 0.25) is 0 Å². The Morgan fingerprint density at radius 1 is 1.11 bits per heavy atom. The molecule has 0 radical (unpaired) electrons. The molecule has 2 aromatic rings. The predicted molar refractivity (Wildman–Crippen MR) is 106 cm³/mol. The topological polar surface area (TPSA) is 123 Å². The fourth-order valence-electron chi connectivity index (χ4n) is 2.84. The van der Waals surface area contributed by atoms with Crippen LogP contribution in [0, 0.1) is 10.1 Å². The van der Waals surface area contributed by atoms with Crippen molar-refractivity contribution in [3.63, 3.8) is 0 Å². The minimum Gasteiger partial charge on any atom is -0.395 e. The van der Waals surface area contributed by atoms with E-state index >= 15 is 0 Å². The highest BCUT2D eigenvalue weighted by Crippen LogP contribution is 2.12. The largest absolute Gasteiger partial charge is 0.395 e. The number of non-ortho nitro benzene ring substituents is 1. The molecule has 2 rings (SSSR count). The van der Waals surface area contributed by atoms with Crippen LogP contribution >= 0.6 is 0 Å². The Morgan fingerprint density at radius 2 is 1.79 bits per heavy atom. The van der Waals surface area contributed by atoms with E-state index in [1.165, 1.54) is 29.8 Å². The molecule has 1 aromatic carbocycles. The molecular formula is C18H25N5O5. The van der Waals surface area contributed by atoms with Crippen LogP contribution in [0.3, 0.4) is 0 Å². The Hall–Kier alpha value is -2.98. The summed E-state index contributed by atoms with van der Waals surface area (Å²) in [6.07, 6.45) is 0.711. The van der Waals surface area contributed by atoms with Crippen LogP contribution in [0.2, 0.25) is 0 Å². The minimum absolute atomic E-state index is 0.0657. The Bertz CT molecular complexity index is 919. The first-order valence-corrected chi connectivity index (χ1v) is 8.92. The normalized spacial score (nSPS) is 10.8. The summed E-state index contributed by atoms with van der Waals surface area (Å²) < 4.78 is 2.41. The van der Waals surface area contributed by atoms with Crippen molar-refractivity contribution in [2.24, 2.45) is 14.1 Å². The number of aromatic nitrogens is 2. The molecule has 152 valence electrons. The zero-order valence-corrected chi connectivity index (χ0v) is 16.0. The van der Waals surface area contributed by atoms with Crippen molar-refractivity contribution >= 4 is 11.5 Å². The summed E-state index contributed by atoms with van der Waals surface area (Å²) in [4.78, 5) is 36.0. The number of benzene rings is 1. The number of hydrogen-bond donors (Lipinski definition) is 2. The van der Waals surface area contributed by atoms with Crippen LogP contribution in [0.1, 0.15) is 5.56 Å². The van der Waals surface area contributed by atoms with Crippen molar-refractivity contribution in [3.05, 3.63) is 66.8 Å². The lowest BCUT2D eigenvalue weighted by Crippen LogP contribution is -2.43. The molecule has 1 aromatic heterocycles. The number of aliphatic hydroxyl groups excluding tert-OH is 1. The molecule has 0 aliphatic rings. The average molecular weight is 391 g/mol. The summed E-state index contributed by atoms with van der Waals surface area (Å²) in [5.41, 5.74) is 0.235. The summed E-state index contributed by atoms with van der Waals surface area (Å²) in [6, 6.07) is 7.80. The number of rotatable bonds is 10. The zero-order valence-electron chi connectivity index (χ0n) is 16.0. The van der Waals surface area contributed by atoms with E-state index in [2.05, 4.69) is 5.32 Å². The Balaban J connectivity index is 1.91. The molecule has 0 amide bonds. The van der Waals surface area contributed by atoms with E-state index < -0.39 is 16.2 Å². The van der Waals surface area contributed by atoms with Crippen LogP contribution in [0.5, 0.6) is 0 Å². The number of nitro benzene ring substituents is 1. The number of hydrogen-bond acceptors (Lipinski definition) is 7. The Kier molecular flexibility index (Phi) is 7.47. The SMILES string of the molecule is Cn1c(N(CCO)CCNCCc2ccc([N+](=O)[O-])cc2)cc(=O)n(C)c1=O. The molecule has 0 spiro atoms. The molecule has 28 heavy (non-hydrogen) atoms. The number of aliphatic hydroxyl groups is 1. The van der Waals surface area contributed by atoms with E-state index in [4.69, 9.17) is 0 Å². The number of anilines is 1. The maximum absolute atomic E-state index is 12.1. The smallest absolute Gasteiger partial charge is 0.332 e. The van der Waals surface area contributed by atoms with Crippen molar-refractivity contribution in [1.82, 2.24) is 14.5 Å². The third-order valence-electron chi connectivity index (χ3n) is 4.49. The Labute approximate surface area is 161 Å². The fourth-order valence-corrected chi connectivity index (χ4v) is 2.84. The van der Waals surface area contributed by atoms with Crippen molar-refractivity contribution < 1.29 is 10.0 Å². The molecule has 0 bridgehead atoms. The lowest BCUT2D eigenvalue weighted by molar-refractivity contribution is -0.384. The van der Waals surface area contributed by atoms with Gasteiger partial charge in [0.1, 0.15) is 5.82 Å². The number of nitrogens with one attached hydrogen (secondary N) is 1. The van der Waals surface area contributed by atoms with E-state index in [-0.39, 0.29) is 12.3 Å². The van der Waals surface area contributed by atoms with Crippen molar-refractivity contribution in [2.75, 3.05) is 37.7 Å². The molecule has 1 heterocycles. The Morgan fingerprint density at radius 3 is 2.39 bits per heavy atom. The van der Waals surface area contributed by atoms with Crippen LogP contribution in [0.15, 0.2) is 39.9 Å². The quantitative estimate of drug-likeness (QED) is 0.322. The van der Waals surface area contributed by atoms with Gasteiger partial charge in [-0.3, -0.25) is 24.0 Å². The van der Waals surface area contributed by atoms with Crippen LogP contribution in [0.25, 0.3) is 0 Å². The highest BCUT2D eigenvalue weighted by Gasteiger charge is 2.13. The number of nitro groups is 1. The fraction of sp³-hybridized carbons (Fsp3) is 0.444. The summed E-state index contributed by atoms with van der Waals surface area (Å²) in [5.74, 6) is 0.458. The first-order chi connectivity index (χ1) is 13.3. The second kappa shape index (κ2) is 9.81. The van der Waals surface area contributed by atoms with Gasteiger partial charge in [0.15, 0.2) is 0 Å². The molecule has 0 saturated carbocycles. The molecule has 0 unspecified atom stereocenters. The molecule has 0 fully saturated rings. The van der Waals surface area contributed by atoms with Gasteiger partial charge < -0.3 is 15.3 Å². The van der Waals surface area contributed by atoms with Crippen molar-refractivity contribution in [1.29, 1.82) is 0 Å². The summed E-state index contributed by atoms with van der Waals surface area (Å²) >= 11 is 0. The molecule has 2 N–H and O–H groups in total. The highest BCUT2D eigenvalue weighted by molar-refractivity contribution is 5.38. The van der Waals surface area contributed by atoms with E-state index in [9.17, 15) is 24.8 Å². The van der Waals surface area contributed by atoms with Gasteiger partial charge in [-0.2, -0.15) is 0 Å². The van der Waals surface area contributed by atoms with E-state index in [1.807, 2.05) is 0 Å². The van der Waals surface area contributed by atoms with Crippen LogP contribution < -0.4 is 21.5 Å². The van der Waals surface area contributed by atoms with Crippen molar-refractivity contribution in [2.45, 2.75) is 6.42 Å². The molecule has 0 atom stereocenters. The van der Waals surface area contributed by atoms with Gasteiger partial charge in [-0.25, -0.2) is 4.79 Å². The monoisotopic (exact) mass is 391 g/mol. The van der Waals surface area contributed by atoms with Crippen molar-refractivity contribution in [3.8, 4) is 0 Å². The van der Waals surface area contributed by atoms with Gasteiger partial charge >= 0.3 is 5.69 Å².